The third-order valence-corrected chi connectivity index (χ3v) is 9.68. The van der Waals surface area contributed by atoms with Crippen molar-refractivity contribution < 1.29 is 35.3 Å². The average molecular weight is 912 g/mol. The molecule has 7 nitrogen and oxygen atoms in total. The third kappa shape index (κ3) is 6.87. The van der Waals surface area contributed by atoms with Crippen LogP contribution in [0.5, 0.6) is 34.5 Å². The summed E-state index contributed by atoms with van der Waals surface area (Å²) in [6, 6.07) is 52.9. The summed E-state index contributed by atoms with van der Waals surface area (Å²) in [5.74, 6) is 4.76. The van der Waals surface area contributed by atoms with E-state index in [0.29, 0.717) is 23.0 Å². The van der Waals surface area contributed by atoms with Gasteiger partial charge in [-0.3, -0.25) is 4.68 Å². The molecular formula is C48H36N4O3Pt. The van der Waals surface area contributed by atoms with E-state index >= 15 is 0 Å². The molecule has 0 saturated heterocycles. The van der Waals surface area contributed by atoms with Crippen molar-refractivity contribution in [2.24, 2.45) is 0 Å². The van der Waals surface area contributed by atoms with Gasteiger partial charge >= 0.3 is 21.1 Å². The van der Waals surface area contributed by atoms with Gasteiger partial charge in [0.15, 0.2) is 0 Å². The number of fused-ring (bicyclic) bond motifs is 3. The zero-order chi connectivity index (χ0) is 37.5. The van der Waals surface area contributed by atoms with Gasteiger partial charge in [-0.1, -0.05) is 66.2 Å². The molecule has 56 heavy (non-hydrogen) atoms. The Labute approximate surface area is 340 Å². The largest absolute Gasteiger partial charge is 2.00 e. The second-order valence-corrected chi connectivity index (χ2v) is 13.5. The first-order chi connectivity index (χ1) is 26.9. The maximum Gasteiger partial charge on any atom is 2.00 e. The van der Waals surface area contributed by atoms with E-state index < -0.39 is 0 Å². The number of nitrogens with zero attached hydrogens (tertiary/aromatic N) is 4. The number of para-hydroxylation sites is 3. The third-order valence-electron chi connectivity index (χ3n) is 9.68. The molecule has 0 fully saturated rings. The first kappa shape index (κ1) is 36.5. The fourth-order valence-corrected chi connectivity index (χ4v) is 7.13. The Hall–Kier alpha value is -6.43. The van der Waals surface area contributed by atoms with Gasteiger partial charge in [0.05, 0.1) is 11.3 Å². The summed E-state index contributed by atoms with van der Waals surface area (Å²) in [7, 11) is 0. The maximum atomic E-state index is 6.62. The molecule has 0 amide bonds. The number of aryl methyl sites for hydroxylation is 3. The number of aromatic nitrogens is 4. The van der Waals surface area contributed by atoms with Gasteiger partial charge in [-0.2, -0.15) is 17.2 Å². The molecule has 3 aromatic heterocycles. The molecule has 0 N–H and O–H groups in total. The molecule has 0 aliphatic carbocycles. The van der Waals surface area contributed by atoms with E-state index in [-0.39, 0.29) is 21.1 Å². The molecule has 0 spiro atoms. The fourth-order valence-electron chi connectivity index (χ4n) is 7.13. The van der Waals surface area contributed by atoms with E-state index in [0.717, 1.165) is 78.5 Å². The van der Waals surface area contributed by atoms with Gasteiger partial charge in [0.2, 0.25) is 0 Å². The minimum absolute atomic E-state index is 0. The molecule has 0 unspecified atom stereocenters. The van der Waals surface area contributed by atoms with Crippen LogP contribution in [-0.2, 0) is 21.1 Å². The summed E-state index contributed by atoms with van der Waals surface area (Å²) in [6.45, 7) is 8.18. The van der Waals surface area contributed by atoms with E-state index in [1.54, 1.807) is 0 Å². The van der Waals surface area contributed by atoms with Gasteiger partial charge in [0, 0.05) is 34.5 Å². The quantitative estimate of drug-likeness (QED) is 0.135. The summed E-state index contributed by atoms with van der Waals surface area (Å²) in [4.78, 5) is 4.71. The molecule has 9 rings (SSSR count). The van der Waals surface area contributed by atoms with Gasteiger partial charge in [-0.15, -0.1) is 35.7 Å². The zero-order valence-electron chi connectivity index (χ0n) is 31.2. The second-order valence-electron chi connectivity index (χ2n) is 13.5. The molecule has 8 heteroatoms. The van der Waals surface area contributed by atoms with Gasteiger partial charge in [-0.05, 0) is 98.4 Å². The van der Waals surface area contributed by atoms with Gasteiger partial charge in [0.1, 0.15) is 28.8 Å². The van der Waals surface area contributed by atoms with Crippen molar-refractivity contribution in [1.29, 1.82) is 0 Å². The molecule has 0 atom stereocenters. The molecule has 0 aliphatic rings. The molecule has 6 aromatic carbocycles. The van der Waals surface area contributed by atoms with Crippen molar-refractivity contribution >= 4 is 21.8 Å². The predicted molar refractivity (Wildman–Crippen MR) is 217 cm³/mol. The van der Waals surface area contributed by atoms with Crippen LogP contribution in [0, 0.1) is 39.8 Å². The van der Waals surface area contributed by atoms with Crippen molar-refractivity contribution in [2.45, 2.75) is 27.7 Å². The molecule has 276 valence electrons. The molecule has 0 aliphatic heterocycles. The van der Waals surface area contributed by atoms with Crippen molar-refractivity contribution in [1.82, 2.24) is 19.3 Å². The average Bonchev–Trinajstić information content (AvgIpc) is 3.69. The maximum absolute atomic E-state index is 6.62. The van der Waals surface area contributed by atoms with Crippen molar-refractivity contribution in [2.75, 3.05) is 0 Å². The van der Waals surface area contributed by atoms with Crippen LogP contribution < -0.4 is 14.2 Å². The minimum atomic E-state index is 0. The Morgan fingerprint density at radius 2 is 1.30 bits per heavy atom. The van der Waals surface area contributed by atoms with Gasteiger partial charge in [0.25, 0.3) is 0 Å². The standard InChI is InChI=1S/C48H36N4O3.Pt/c1-31-26-27-49-45(28-31)51-42-21-12-11-20-40(42)41-24-23-39(30-43(41)51)53-38-19-13-14-35(29-38)52-34(4)46(33(3)50-52)47-44(54-36-15-7-5-8-16-36)25-22-32(2)48(47)55-37-17-9-6-10-18-37;/h5-28H,1-4H3;/q-2;+2. The van der Waals surface area contributed by atoms with Crippen molar-refractivity contribution in [3.05, 3.63) is 180 Å². The Morgan fingerprint density at radius 3 is 2.07 bits per heavy atom. The molecule has 9 aromatic rings. The summed E-state index contributed by atoms with van der Waals surface area (Å²) >= 11 is 0. The van der Waals surface area contributed by atoms with E-state index in [1.165, 1.54) is 0 Å². The normalized spacial score (nSPS) is 11.1. The minimum Gasteiger partial charge on any atom is -0.509 e. The molecule has 0 radical (unpaired) electrons. The van der Waals surface area contributed by atoms with E-state index in [1.807, 2.05) is 134 Å². The second kappa shape index (κ2) is 15.4. The fraction of sp³-hybridized carbons (Fsp3) is 0.0833. The van der Waals surface area contributed by atoms with Crippen LogP contribution in [-0.4, -0.2) is 19.3 Å². The Morgan fingerprint density at radius 1 is 0.589 bits per heavy atom. The molecule has 0 bridgehead atoms. The van der Waals surface area contributed by atoms with Crippen molar-refractivity contribution in [3.63, 3.8) is 0 Å². The Balaban J connectivity index is 0.00000441. The van der Waals surface area contributed by atoms with Gasteiger partial charge < -0.3 is 18.8 Å². The van der Waals surface area contributed by atoms with Crippen LogP contribution in [0.25, 0.3) is 44.4 Å². The smallest absolute Gasteiger partial charge is 0.509 e. The van der Waals surface area contributed by atoms with Crippen LogP contribution >= 0.6 is 0 Å². The summed E-state index contributed by atoms with van der Waals surface area (Å²) in [5, 5.41) is 7.25. The van der Waals surface area contributed by atoms with Crippen LogP contribution in [0.15, 0.2) is 146 Å². The van der Waals surface area contributed by atoms with Crippen LogP contribution in [0.2, 0.25) is 0 Å². The molecular weight excluding hydrogens is 876 g/mol. The van der Waals surface area contributed by atoms with Crippen LogP contribution in [0.4, 0.5) is 0 Å². The Kier molecular flexibility index (Phi) is 10.0. The summed E-state index contributed by atoms with van der Waals surface area (Å²) < 4.78 is 23.7. The molecule has 0 saturated carbocycles. The number of rotatable bonds is 9. The van der Waals surface area contributed by atoms with Crippen LogP contribution in [0.3, 0.4) is 0 Å². The number of ether oxygens (including phenoxy) is 3. The zero-order valence-corrected chi connectivity index (χ0v) is 33.5. The first-order valence-corrected chi connectivity index (χ1v) is 18.2. The monoisotopic (exact) mass is 911 g/mol. The topological polar surface area (TPSA) is 63.3 Å². The van der Waals surface area contributed by atoms with Crippen LogP contribution in [0.1, 0.15) is 22.5 Å². The van der Waals surface area contributed by atoms with E-state index in [9.17, 15) is 0 Å². The SMILES string of the molecule is Cc1ccnc(-n2c3[c-]c(Oc4[c-]c(-n5nc(C)c(-c6c(Oc7ccccc7)ccc(C)c6Oc6ccccc6)c5C)ccc4)ccc3c3ccccc32)c1.[Pt+2]. The van der Waals surface area contributed by atoms with E-state index in [2.05, 4.69) is 60.9 Å². The molecule has 3 heterocycles. The number of hydrogen-bond acceptors (Lipinski definition) is 5. The predicted octanol–water partition coefficient (Wildman–Crippen LogP) is 12.2. The number of benzene rings is 6. The Bertz CT molecular complexity index is 2850. The number of hydrogen-bond donors (Lipinski definition) is 0. The summed E-state index contributed by atoms with van der Waals surface area (Å²) in [5.41, 5.74) is 8.22. The van der Waals surface area contributed by atoms with Gasteiger partial charge in [-0.25, -0.2) is 4.98 Å². The van der Waals surface area contributed by atoms with E-state index in [4.69, 9.17) is 24.3 Å². The first-order valence-electron chi connectivity index (χ1n) is 18.2. The number of pyridine rings is 1. The summed E-state index contributed by atoms with van der Waals surface area (Å²) in [6.07, 6.45) is 1.84. The van der Waals surface area contributed by atoms with Crippen molar-refractivity contribution in [3.8, 4) is 57.1 Å².